The molecule has 7 heteroatoms. The summed E-state index contributed by atoms with van der Waals surface area (Å²) in [5.74, 6) is 0. The number of pyridine rings is 1. The number of rotatable bonds is 5. The quantitative estimate of drug-likeness (QED) is 0.838. The minimum absolute atomic E-state index is 0.188. The van der Waals surface area contributed by atoms with Gasteiger partial charge in [0.05, 0.1) is 0 Å². The zero-order valence-electron chi connectivity index (χ0n) is 10.3. The summed E-state index contributed by atoms with van der Waals surface area (Å²) < 4.78 is 1.58. The normalized spacial score (nSPS) is 10.8. The van der Waals surface area contributed by atoms with Gasteiger partial charge in [-0.1, -0.05) is 6.07 Å². The van der Waals surface area contributed by atoms with Gasteiger partial charge in [0.25, 0.3) is 0 Å². The molecule has 6 nitrogen and oxygen atoms in total. The highest BCUT2D eigenvalue weighted by atomic mass is 32.2. The summed E-state index contributed by atoms with van der Waals surface area (Å²) in [6.07, 6.45) is 1.82. The largest absolute Gasteiger partial charge is 0.343 e. The first-order valence-electron chi connectivity index (χ1n) is 5.67. The van der Waals surface area contributed by atoms with Crippen LogP contribution in [0.3, 0.4) is 0 Å². The maximum absolute atomic E-state index is 11.4. The number of hydrogen-bond donors (Lipinski definition) is 2. The molecule has 0 aliphatic rings. The summed E-state index contributed by atoms with van der Waals surface area (Å²) in [5.41, 5.74) is 0.934. The molecular formula is C11H15N5OS. The van der Waals surface area contributed by atoms with E-state index in [0.29, 0.717) is 11.7 Å². The zero-order chi connectivity index (χ0) is 13.0. The summed E-state index contributed by atoms with van der Waals surface area (Å²) in [5, 5.41) is 10.9. The van der Waals surface area contributed by atoms with Crippen molar-refractivity contribution >= 4 is 11.8 Å². The Labute approximate surface area is 109 Å². The van der Waals surface area contributed by atoms with Gasteiger partial charge in [-0.25, -0.2) is 14.9 Å². The van der Waals surface area contributed by atoms with E-state index in [4.69, 9.17) is 0 Å². The molecule has 0 radical (unpaired) electrons. The SMILES string of the molecule is CCn1c(Sc2ccc(CNC)cn2)n[nH]c1=O. The zero-order valence-corrected chi connectivity index (χ0v) is 11.1. The van der Waals surface area contributed by atoms with Crippen LogP contribution in [0, 0.1) is 0 Å². The van der Waals surface area contributed by atoms with Crippen LogP contribution in [0.4, 0.5) is 0 Å². The molecule has 0 unspecified atom stereocenters. The maximum atomic E-state index is 11.4. The highest BCUT2D eigenvalue weighted by Crippen LogP contribution is 2.22. The van der Waals surface area contributed by atoms with E-state index in [-0.39, 0.29) is 5.69 Å². The lowest BCUT2D eigenvalue weighted by Gasteiger charge is -2.03. The van der Waals surface area contributed by atoms with Gasteiger partial charge in [0.15, 0.2) is 5.16 Å². The second-order valence-corrected chi connectivity index (χ2v) is 4.68. The van der Waals surface area contributed by atoms with Gasteiger partial charge in [0.2, 0.25) is 0 Å². The summed E-state index contributed by atoms with van der Waals surface area (Å²) in [4.78, 5) is 15.7. The van der Waals surface area contributed by atoms with E-state index in [2.05, 4.69) is 20.5 Å². The molecule has 2 N–H and O–H groups in total. The average Bonchev–Trinajstić information content (AvgIpc) is 2.72. The van der Waals surface area contributed by atoms with E-state index >= 15 is 0 Å². The lowest BCUT2D eigenvalue weighted by molar-refractivity contribution is 0.660. The van der Waals surface area contributed by atoms with Crippen molar-refractivity contribution < 1.29 is 0 Å². The number of nitrogens with one attached hydrogen (secondary N) is 2. The van der Waals surface area contributed by atoms with E-state index in [1.54, 1.807) is 4.57 Å². The van der Waals surface area contributed by atoms with Crippen molar-refractivity contribution in [1.82, 2.24) is 25.1 Å². The Kier molecular flexibility index (Phi) is 4.16. The monoisotopic (exact) mass is 265 g/mol. The van der Waals surface area contributed by atoms with Gasteiger partial charge < -0.3 is 5.32 Å². The number of hydrogen-bond acceptors (Lipinski definition) is 5. The summed E-state index contributed by atoms with van der Waals surface area (Å²) >= 11 is 1.38. The predicted octanol–water partition coefficient (Wildman–Crippen LogP) is 0.857. The van der Waals surface area contributed by atoms with Crippen molar-refractivity contribution in [2.75, 3.05) is 7.05 Å². The highest BCUT2D eigenvalue weighted by Gasteiger charge is 2.08. The fourth-order valence-corrected chi connectivity index (χ4v) is 2.38. The van der Waals surface area contributed by atoms with Crippen molar-refractivity contribution in [3.8, 4) is 0 Å². The molecule has 18 heavy (non-hydrogen) atoms. The first-order chi connectivity index (χ1) is 8.74. The van der Waals surface area contributed by atoms with Gasteiger partial charge in [-0.2, -0.15) is 0 Å². The van der Waals surface area contributed by atoms with Crippen molar-refractivity contribution in [1.29, 1.82) is 0 Å². The van der Waals surface area contributed by atoms with Crippen molar-refractivity contribution in [2.24, 2.45) is 0 Å². The molecule has 0 amide bonds. The molecule has 0 aromatic carbocycles. The van der Waals surface area contributed by atoms with Gasteiger partial charge in [0, 0.05) is 19.3 Å². The van der Waals surface area contributed by atoms with Crippen LogP contribution in [0.5, 0.6) is 0 Å². The van der Waals surface area contributed by atoms with Gasteiger partial charge in [-0.05, 0) is 37.4 Å². The molecule has 0 aliphatic heterocycles. The third-order valence-electron chi connectivity index (χ3n) is 2.41. The Morgan fingerprint density at radius 2 is 2.33 bits per heavy atom. The Morgan fingerprint density at radius 3 is 2.94 bits per heavy atom. The van der Waals surface area contributed by atoms with Gasteiger partial charge in [-0.15, -0.1) is 5.10 Å². The maximum Gasteiger partial charge on any atom is 0.343 e. The molecule has 0 fully saturated rings. The van der Waals surface area contributed by atoms with E-state index in [0.717, 1.165) is 17.1 Å². The van der Waals surface area contributed by atoms with Crippen LogP contribution in [0.15, 0.2) is 33.3 Å². The van der Waals surface area contributed by atoms with Crippen LogP contribution in [0.25, 0.3) is 0 Å². The Balaban J connectivity index is 2.15. The number of nitrogens with zero attached hydrogens (tertiary/aromatic N) is 3. The Morgan fingerprint density at radius 1 is 1.50 bits per heavy atom. The van der Waals surface area contributed by atoms with Crippen LogP contribution >= 0.6 is 11.8 Å². The van der Waals surface area contributed by atoms with Crippen LogP contribution in [-0.2, 0) is 13.1 Å². The lowest BCUT2D eigenvalue weighted by atomic mass is 10.3. The second kappa shape index (κ2) is 5.83. The molecule has 0 atom stereocenters. The van der Waals surface area contributed by atoms with Crippen molar-refractivity contribution in [2.45, 2.75) is 30.2 Å². The van der Waals surface area contributed by atoms with Crippen LogP contribution in [0.2, 0.25) is 0 Å². The standard InChI is InChI=1S/C11H15N5OS/c1-3-16-10(17)14-15-11(16)18-9-5-4-8(6-12-2)7-13-9/h4-5,7,12H,3,6H2,1-2H3,(H,14,17). The molecule has 2 heterocycles. The van der Waals surface area contributed by atoms with Crippen molar-refractivity contribution in [3.63, 3.8) is 0 Å². The third-order valence-corrected chi connectivity index (χ3v) is 3.36. The Hall–Kier alpha value is -1.60. The summed E-state index contributed by atoms with van der Waals surface area (Å²) in [6.45, 7) is 3.29. The second-order valence-electron chi connectivity index (χ2n) is 3.69. The van der Waals surface area contributed by atoms with Gasteiger partial charge in [0.1, 0.15) is 5.03 Å². The van der Waals surface area contributed by atoms with Gasteiger partial charge in [-0.3, -0.25) is 4.57 Å². The van der Waals surface area contributed by atoms with E-state index < -0.39 is 0 Å². The summed E-state index contributed by atoms with van der Waals surface area (Å²) in [6, 6.07) is 3.93. The average molecular weight is 265 g/mol. The minimum Gasteiger partial charge on any atom is -0.316 e. The van der Waals surface area contributed by atoms with E-state index in [1.165, 1.54) is 11.8 Å². The molecule has 0 saturated heterocycles. The van der Waals surface area contributed by atoms with E-state index in [1.807, 2.05) is 32.3 Å². The fraction of sp³-hybridized carbons (Fsp3) is 0.364. The van der Waals surface area contributed by atoms with Crippen LogP contribution in [0.1, 0.15) is 12.5 Å². The first-order valence-corrected chi connectivity index (χ1v) is 6.48. The lowest BCUT2D eigenvalue weighted by Crippen LogP contribution is -2.16. The van der Waals surface area contributed by atoms with Gasteiger partial charge >= 0.3 is 5.69 Å². The third kappa shape index (κ3) is 2.80. The molecule has 2 aromatic rings. The molecule has 2 aromatic heterocycles. The molecule has 2 rings (SSSR count). The van der Waals surface area contributed by atoms with Crippen molar-refractivity contribution in [3.05, 3.63) is 34.4 Å². The first kappa shape index (κ1) is 12.8. The molecular weight excluding hydrogens is 250 g/mol. The van der Waals surface area contributed by atoms with Crippen LogP contribution < -0.4 is 11.0 Å². The predicted molar refractivity (Wildman–Crippen MR) is 69.6 cm³/mol. The Bertz CT molecular complexity index is 560. The fourth-order valence-electron chi connectivity index (χ4n) is 1.53. The molecule has 0 bridgehead atoms. The number of aromatic amines is 1. The molecule has 96 valence electrons. The van der Waals surface area contributed by atoms with E-state index in [9.17, 15) is 4.79 Å². The molecule has 0 saturated carbocycles. The molecule has 0 spiro atoms. The highest BCUT2D eigenvalue weighted by molar-refractivity contribution is 7.99. The van der Waals surface area contributed by atoms with Crippen LogP contribution in [-0.4, -0.2) is 26.8 Å². The summed E-state index contributed by atoms with van der Waals surface area (Å²) in [7, 11) is 1.90. The minimum atomic E-state index is -0.188. The number of aromatic nitrogens is 4. The molecule has 0 aliphatic carbocycles. The topological polar surface area (TPSA) is 75.6 Å². The smallest absolute Gasteiger partial charge is 0.316 e. The number of H-pyrrole nitrogens is 1.